The van der Waals surface area contributed by atoms with Crippen LogP contribution in [-0.4, -0.2) is 21.7 Å². The quantitative estimate of drug-likeness (QED) is 0.456. The van der Waals surface area contributed by atoms with Crippen molar-refractivity contribution in [1.29, 1.82) is 0 Å². The number of imidazole rings is 1. The predicted molar refractivity (Wildman–Crippen MR) is 129 cm³/mol. The molecule has 0 aliphatic carbocycles. The molecule has 1 aromatic heterocycles. The largest absolute Gasteiger partial charge is 0.319 e. The van der Waals surface area contributed by atoms with E-state index in [1.165, 1.54) is 16.7 Å². The lowest BCUT2D eigenvalue weighted by Crippen LogP contribution is -2.24. The van der Waals surface area contributed by atoms with Crippen molar-refractivity contribution in [1.82, 2.24) is 15.0 Å². The summed E-state index contributed by atoms with van der Waals surface area (Å²) in [5.41, 5.74) is 9.47. The van der Waals surface area contributed by atoms with E-state index in [9.17, 15) is 4.79 Å². The summed E-state index contributed by atoms with van der Waals surface area (Å²) >= 11 is 0. The number of benzene rings is 2. The van der Waals surface area contributed by atoms with Crippen molar-refractivity contribution in [3.05, 3.63) is 64.5 Å². The van der Waals surface area contributed by atoms with E-state index in [0.29, 0.717) is 0 Å². The van der Waals surface area contributed by atoms with E-state index in [1.807, 2.05) is 35.8 Å². The number of nitrogens with zero attached hydrogens (tertiary/aromatic N) is 3. The maximum absolute atomic E-state index is 12.5. The normalized spacial score (nSPS) is 12.6. The molecule has 3 rings (SSSR count). The Labute approximate surface area is 185 Å². The van der Waals surface area contributed by atoms with Crippen molar-refractivity contribution < 1.29 is 4.79 Å². The fraction of sp³-hybridized carbons (Fsp3) is 0.423. The molecule has 0 unspecified atom stereocenters. The first-order valence-corrected chi connectivity index (χ1v) is 10.8. The summed E-state index contributed by atoms with van der Waals surface area (Å²) in [7, 11) is 0. The summed E-state index contributed by atoms with van der Waals surface area (Å²) in [5, 5.41) is 4.25. The molecule has 0 bridgehead atoms. The molecule has 0 fully saturated rings. The lowest BCUT2D eigenvalue weighted by Gasteiger charge is -2.29. The second kappa shape index (κ2) is 8.29. The highest BCUT2D eigenvalue weighted by Crippen LogP contribution is 2.34. The number of para-hydroxylation sites is 2. The average molecular weight is 419 g/mol. The number of nitrogens with one attached hydrogen (secondary N) is 1. The monoisotopic (exact) mass is 418 g/mol. The summed E-state index contributed by atoms with van der Waals surface area (Å²) in [6.07, 6.45) is 1.74. The van der Waals surface area contributed by atoms with E-state index in [0.717, 1.165) is 22.4 Å². The van der Waals surface area contributed by atoms with Gasteiger partial charge in [-0.15, -0.1) is 0 Å². The zero-order valence-corrected chi connectivity index (χ0v) is 20.0. The summed E-state index contributed by atoms with van der Waals surface area (Å²) in [6, 6.07) is 12.2. The molecule has 1 heterocycles. The number of fused-ring (bicyclic) bond motifs is 1. The second-order valence-electron chi connectivity index (χ2n) is 10.3. The second-order valence-corrected chi connectivity index (χ2v) is 10.3. The van der Waals surface area contributed by atoms with Crippen LogP contribution in [0.1, 0.15) is 69.6 Å². The van der Waals surface area contributed by atoms with Crippen LogP contribution in [0.5, 0.6) is 0 Å². The van der Waals surface area contributed by atoms with Crippen molar-refractivity contribution in [3.63, 3.8) is 0 Å². The molecule has 0 saturated heterocycles. The molecule has 3 aromatic rings. The molecule has 1 N–H and O–H groups in total. The molecule has 5 heteroatoms. The molecule has 0 aliphatic rings. The van der Waals surface area contributed by atoms with Crippen LogP contribution in [0.15, 0.2) is 41.5 Å². The molecule has 0 atom stereocenters. The van der Waals surface area contributed by atoms with E-state index in [1.54, 1.807) is 6.21 Å². The maximum Gasteiger partial charge on any atom is 0.260 e. The van der Waals surface area contributed by atoms with E-state index in [2.05, 4.69) is 76.1 Å². The number of aromatic nitrogens is 2. The summed E-state index contributed by atoms with van der Waals surface area (Å²) in [5.74, 6) is 0.630. The van der Waals surface area contributed by atoms with Crippen LogP contribution in [0.4, 0.5) is 0 Å². The molecule has 164 valence electrons. The van der Waals surface area contributed by atoms with Gasteiger partial charge in [-0.25, -0.2) is 10.4 Å². The van der Waals surface area contributed by atoms with Gasteiger partial charge in [-0.2, -0.15) is 5.10 Å². The number of amides is 1. The highest BCUT2D eigenvalue weighted by molar-refractivity contribution is 5.84. The van der Waals surface area contributed by atoms with Gasteiger partial charge in [0.15, 0.2) is 0 Å². The Kier molecular flexibility index (Phi) is 6.08. The third-order valence-electron chi connectivity index (χ3n) is 5.60. The molecule has 31 heavy (non-hydrogen) atoms. The van der Waals surface area contributed by atoms with Crippen LogP contribution in [0, 0.1) is 13.8 Å². The molecule has 2 aromatic carbocycles. The smallest absolute Gasteiger partial charge is 0.260 e. The lowest BCUT2D eigenvalue weighted by atomic mass is 9.76. The average Bonchev–Trinajstić information content (AvgIpc) is 2.96. The van der Waals surface area contributed by atoms with Gasteiger partial charge < -0.3 is 4.57 Å². The van der Waals surface area contributed by atoms with Gasteiger partial charge in [0.25, 0.3) is 5.91 Å². The predicted octanol–water partition coefficient (Wildman–Crippen LogP) is 5.40. The summed E-state index contributed by atoms with van der Waals surface area (Å²) in [6.45, 7) is 17.6. The fourth-order valence-corrected chi connectivity index (χ4v) is 4.12. The fourth-order valence-electron chi connectivity index (χ4n) is 4.12. The molecule has 0 spiro atoms. The number of carbonyl (C=O) groups is 1. The lowest BCUT2D eigenvalue weighted by molar-refractivity contribution is -0.121. The SMILES string of the molecule is Cc1c(C(C)(C)C)cc(C=NNC(=O)Cn2c(C)nc3ccccc32)cc1C(C)(C)C. The van der Waals surface area contributed by atoms with Crippen LogP contribution >= 0.6 is 0 Å². The topological polar surface area (TPSA) is 59.3 Å². The molecule has 1 amide bonds. The van der Waals surface area contributed by atoms with Crippen LogP contribution in [0.3, 0.4) is 0 Å². The van der Waals surface area contributed by atoms with Crippen molar-refractivity contribution in [3.8, 4) is 0 Å². The highest BCUT2D eigenvalue weighted by Gasteiger charge is 2.24. The van der Waals surface area contributed by atoms with Gasteiger partial charge in [-0.05, 0) is 71.2 Å². The van der Waals surface area contributed by atoms with Crippen LogP contribution in [0.2, 0.25) is 0 Å². The zero-order chi connectivity index (χ0) is 23.0. The third-order valence-corrected chi connectivity index (χ3v) is 5.60. The number of rotatable bonds is 4. The Morgan fingerprint density at radius 2 is 1.61 bits per heavy atom. The van der Waals surface area contributed by atoms with Crippen LogP contribution < -0.4 is 5.43 Å². The van der Waals surface area contributed by atoms with Gasteiger partial charge in [-0.3, -0.25) is 4.79 Å². The minimum Gasteiger partial charge on any atom is -0.319 e. The van der Waals surface area contributed by atoms with Crippen molar-refractivity contribution in [2.75, 3.05) is 0 Å². The molecular weight excluding hydrogens is 384 g/mol. The number of hydrogen-bond acceptors (Lipinski definition) is 3. The van der Waals surface area contributed by atoms with Crippen molar-refractivity contribution in [2.24, 2.45) is 5.10 Å². The maximum atomic E-state index is 12.5. The molecule has 0 saturated carbocycles. The highest BCUT2D eigenvalue weighted by atomic mass is 16.2. The van der Waals surface area contributed by atoms with Gasteiger partial charge in [0.1, 0.15) is 12.4 Å². The third kappa shape index (κ3) is 5.04. The van der Waals surface area contributed by atoms with E-state index in [4.69, 9.17) is 0 Å². The van der Waals surface area contributed by atoms with Crippen molar-refractivity contribution in [2.45, 2.75) is 72.8 Å². The summed E-state index contributed by atoms with van der Waals surface area (Å²) in [4.78, 5) is 17.0. The Bertz CT molecular complexity index is 1110. The van der Waals surface area contributed by atoms with Gasteiger partial charge in [0.2, 0.25) is 0 Å². The minimum absolute atomic E-state index is 0.0250. The number of carbonyl (C=O) groups excluding carboxylic acids is 1. The van der Waals surface area contributed by atoms with Crippen LogP contribution in [-0.2, 0) is 22.2 Å². The Balaban J connectivity index is 1.81. The van der Waals surface area contributed by atoms with E-state index >= 15 is 0 Å². The minimum atomic E-state index is -0.179. The first-order valence-electron chi connectivity index (χ1n) is 10.8. The van der Waals surface area contributed by atoms with Gasteiger partial charge >= 0.3 is 0 Å². The molecule has 0 radical (unpaired) electrons. The zero-order valence-electron chi connectivity index (χ0n) is 20.0. The van der Waals surface area contributed by atoms with E-state index < -0.39 is 0 Å². The van der Waals surface area contributed by atoms with Gasteiger partial charge in [-0.1, -0.05) is 53.7 Å². The number of hydrogen-bond donors (Lipinski definition) is 1. The van der Waals surface area contributed by atoms with Gasteiger partial charge in [0.05, 0.1) is 17.2 Å². The molecular formula is C26H34N4O. The standard InChI is InChI=1S/C26H34N4O/c1-17-20(25(3,4)5)13-19(14-21(17)26(6,7)8)15-27-29-24(31)16-30-18(2)28-22-11-9-10-12-23(22)30/h9-15H,16H2,1-8H3,(H,29,31). The Morgan fingerprint density at radius 3 is 2.19 bits per heavy atom. The summed E-state index contributed by atoms with van der Waals surface area (Å²) < 4.78 is 1.90. The van der Waals surface area contributed by atoms with Gasteiger partial charge in [0, 0.05) is 0 Å². The Morgan fingerprint density at radius 1 is 1.03 bits per heavy atom. The molecule has 5 nitrogen and oxygen atoms in total. The molecule has 0 aliphatic heterocycles. The van der Waals surface area contributed by atoms with Crippen LogP contribution in [0.25, 0.3) is 11.0 Å². The number of aryl methyl sites for hydroxylation is 1. The first-order chi connectivity index (χ1) is 14.4. The first kappa shape index (κ1) is 22.7. The Hall–Kier alpha value is -2.95. The number of hydrazone groups is 1. The van der Waals surface area contributed by atoms with E-state index in [-0.39, 0.29) is 23.3 Å². The van der Waals surface area contributed by atoms with Crippen molar-refractivity contribution >= 4 is 23.2 Å².